The molecule has 0 fully saturated rings. The Bertz CT molecular complexity index is 360. The SMILES string of the molecule is CC(CO)CSc1cccc(CNC(C)(C)C)c1. The molecule has 0 aliphatic rings. The lowest BCUT2D eigenvalue weighted by Gasteiger charge is -2.20. The summed E-state index contributed by atoms with van der Waals surface area (Å²) in [7, 11) is 0. The molecule has 0 aromatic heterocycles. The molecule has 1 aromatic rings. The van der Waals surface area contributed by atoms with Crippen LogP contribution in [0.2, 0.25) is 0 Å². The molecule has 2 nitrogen and oxygen atoms in total. The molecule has 1 rings (SSSR count). The summed E-state index contributed by atoms with van der Waals surface area (Å²) in [5.74, 6) is 1.32. The van der Waals surface area contributed by atoms with Gasteiger partial charge < -0.3 is 10.4 Å². The van der Waals surface area contributed by atoms with Crippen molar-refractivity contribution < 1.29 is 5.11 Å². The van der Waals surface area contributed by atoms with Crippen LogP contribution < -0.4 is 5.32 Å². The molecule has 0 saturated carbocycles. The lowest BCUT2D eigenvalue weighted by molar-refractivity contribution is 0.250. The van der Waals surface area contributed by atoms with Crippen molar-refractivity contribution in [2.45, 2.75) is 44.7 Å². The molecule has 0 aliphatic carbocycles. The zero-order chi connectivity index (χ0) is 13.6. The summed E-state index contributed by atoms with van der Waals surface area (Å²) < 4.78 is 0. The van der Waals surface area contributed by atoms with Gasteiger partial charge in [0.1, 0.15) is 0 Å². The Kier molecular flexibility index (Phi) is 6.19. The third kappa shape index (κ3) is 6.43. The highest BCUT2D eigenvalue weighted by Gasteiger charge is 2.08. The van der Waals surface area contributed by atoms with E-state index in [1.165, 1.54) is 10.5 Å². The van der Waals surface area contributed by atoms with Gasteiger partial charge in [-0.3, -0.25) is 0 Å². The van der Waals surface area contributed by atoms with Gasteiger partial charge in [0.25, 0.3) is 0 Å². The van der Waals surface area contributed by atoms with Crippen LogP contribution in [0.15, 0.2) is 29.2 Å². The molecule has 2 N–H and O–H groups in total. The van der Waals surface area contributed by atoms with Gasteiger partial charge in [0, 0.05) is 29.3 Å². The maximum Gasteiger partial charge on any atom is 0.0464 e. The second-order valence-corrected chi connectivity index (χ2v) is 6.94. The summed E-state index contributed by atoms with van der Waals surface area (Å²) in [5.41, 5.74) is 1.46. The van der Waals surface area contributed by atoms with Crippen molar-refractivity contribution in [3.8, 4) is 0 Å². The van der Waals surface area contributed by atoms with Gasteiger partial charge in [-0.05, 0) is 44.4 Å². The predicted octanol–water partition coefficient (Wildman–Crippen LogP) is 3.30. The quantitative estimate of drug-likeness (QED) is 0.776. The third-order valence-corrected chi connectivity index (χ3v) is 3.89. The van der Waals surface area contributed by atoms with Crippen LogP contribution in [-0.2, 0) is 6.54 Å². The molecular formula is C15H25NOS. The Morgan fingerprint density at radius 2 is 2.06 bits per heavy atom. The van der Waals surface area contributed by atoms with Gasteiger partial charge in [0.2, 0.25) is 0 Å². The van der Waals surface area contributed by atoms with E-state index in [1.54, 1.807) is 0 Å². The van der Waals surface area contributed by atoms with Crippen molar-refractivity contribution in [1.29, 1.82) is 0 Å². The van der Waals surface area contributed by atoms with Gasteiger partial charge >= 0.3 is 0 Å². The van der Waals surface area contributed by atoms with E-state index in [2.05, 4.69) is 57.3 Å². The lowest BCUT2D eigenvalue weighted by Crippen LogP contribution is -2.35. The number of rotatable bonds is 6. The van der Waals surface area contributed by atoms with E-state index in [4.69, 9.17) is 5.11 Å². The minimum absolute atomic E-state index is 0.147. The Hall–Kier alpha value is -0.510. The summed E-state index contributed by atoms with van der Waals surface area (Å²) in [6.45, 7) is 9.75. The standard InChI is InChI=1S/C15H25NOS/c1-12(10-17)11-18-14-7-5-6-13(8-14)9-16-15(2,3)4/h5-8,12,16-17H,9-11H2,1-4H3. The first-order valence-corrected chi connectivity index (χ1v) is 7.47. The molecule has 18 heavy (non-hydrogen) atoms. The summed E-state index contributed by atoms with van der Waals surface area (Å²) in [6, 6.07) is 8.62. The van der Waals surface area contributed by atoms with Crippen molar-refractivity contribution in [3.63, 3.8) is 0 Å². The maximum absolute atomic E-state index is 9.02. The maximum atomic E-state index is 9.02. The van der Waals surface area contributed by atoms with E-state index in [0.29, 0.717) is 5.92 Å². The highest BCUT2D eigenvalue weighted by Crippen LogP contribution is 2.21. The zero-order valence-corrected chi connectivity index (χ0v) is 12.7. The van der Waals surface area contributed by atoms with E-state index >= 15 is 0 Å². The number of aliphatic hydroxyl groups is 1. The average Bonchev–Trinajstić information content (AvgIpc) is 2.33. The Labute approximate surface area is 115 Å². The van der Waals surface area contributed by atoms with Crippen molar-refractivity contribution in [1.82, 2.24) is 5.32 Å². The number of thioether (sulfide) groups is 1. The van der Waals surface area contributed by atoms with E-state index < -0.39 is 0 Å². The summed E-state index contributed by atoms with van der Waals surface area (Å²) in [5, 5.41) is 12.5. The zero-order valence-electron chi connectivity index (χ0n) is 11.9. The van der Waals surface area contributed by atoms with Crippen molar-refractivity contribution in [2.75, 3.05) is 12.4 Å². The summed E-state index contributed by atoms with van der Waals surface area (Å²) in [4.78, 5) is 1.28. The minimum Gasteiger partial charge on any atom is -0.396 e. The molecule has 0 bridgehead atoms. The first kappa shape index (κ1) is 15.5. The fourth-order valence-electron chi connectivity index (χ4n) is 1.40. The van der Waals surface area contributed by atoms with Gasteiger partial charge in [-0.25, -0.2) is 0 Å². The van der Waals surface area contributed by atoms with E-state index in [1.807, 2.05) is 11.8 Å². The minimum atomic E-state index is 0.147. The smallest absolute Gasteiger partial charge is 0.0464 e. The van der Waals surface area contributed by atoms with Crippen LogP contribution in [0, 0.1) is 5.92 Å². The van der Waals surface area contributed by atoms with Crippen LogP contribution in [0.4, 0.5) is 0 Å². The van der Waals surface area contributed by atoms with E-state index in [0.717, 1.165) is 12.3 Å². The number of nitrogens with one attached hydrogen (secondary N) is 1. The Morgan fingerprint density at radius 1 is 1.33 bits per heavy atom. The highest BCUT2D eigenvalue weighted by molar-refractivity contribution is 7.99. The number of hydrogen-bond donors (Lipinski definition) is 2. The fraction of sp³-hybridized carbons (Fsp3) is 0.600. The topological polar surface area (TPSA) is 32.3 Å². The lowest BCUT2D eigenvalue weighted by atomic mass is 10.1. The molecule has 3 heteroatoms. The second kappa shape index (κ2) is 7.17. The molecule has 0 heterocycles. The van der Waals surface area contributed by atoms with Gasteiger partial charge in [-0.15, -0.1) is 11.8 Å². The van der Waals surface area contributed by atoms with Crippen molar-refractivity contribution >= 4 is 11.8 Å². The second-order valence-electron chi connectivity index (χ2n) is 5.85. The normalized spacial score (nSPS) is 13.6. The molecule has 0 saturated heterocycles. The first-order valence-electron chi connectivity index (χ1n) is 6.48. The van der Waals surface area contributed by atoms with Gasteiger partial charge in [-0.1, -0.05) is 19.1 Å². The Morgan fingerprint density at radius 3 is 2.67 bits per heavy atom. The fourth-order valence-corrected chi connectivity index (χ4v) is 2.40. The molecule has 0 amide bonds. The van der Waals surface area contributed by atoms with Crippen LogP contribution in [-0.4, -0.2) is 23.0 Å². The molecule has 1 unspecified atom stereocenters. The predicted molar refractivity (Wildman–Crippen MR) is 80.0 cm³/mol. The molecule has 0 aliphatic heterocycles. The van der Waals surface area contributed by atoms with E-state index in [-0.39, 0.29) is 12.1 Å². The number of hydrogen-bond acceptors (Lipinski definition) is 3. The first-order chi connectivity index (χ1) is 8.40. The molecule has 1 atom stereocenters. The van der Waals surface area contributed by atoms with Crippen LogP contribution in [0.5, 0.6) is 0 Å². The molecule has 102 valence electrons. The van der Waals surface area contributed by atoms with Crippen LogP contribution in [0.3, 0.4) is 0 Å². The molecular weight excluding hydrogens is 242 g/mol. The average molecular weight is 267 g/mol. The van der Waals surface area contributed by atoms with Gasteiger partial charge in [0.15, 0.2) is 0 Å². The van der Waals surface area contributed by atoms with Crippen molar-refractivity contribution in [2.24, 2.45) is 5.92 Å². The molecule has 1 aromatic carbocycles. The number of benzene rings is 1. The molecule has 0 radical (unpaired) electrons. The number of aliphatic hydroxyl groups excluding tert-OH is 1. The monoisotopic (exact) mass is 267 g/mol. The van der Waals surface area contributed by atoms with Crippen molar-refractivity contribution in [3.05, 3.63) is 29.8 Å². The Balaban J connectivity index is 2.51. The highest BCUT2D eigenvalue weighted by atomic mass is 32.2. The van der Waals surface area contributed by atoms with Crippen LogP contribution in [0.25, 0.3) is 0 Å². The third-order valence-electron chi connectivity index (χ3n) is 2.57. The van der Waals surface area contributed by atoms with E-state index in [9.17, 15) is 0 Å². The van der Waals surface area contributed by atoms with Crippen LogP contribution >= 0.6 is 11.8 Å². The summed E-state index contributed by atoms with van der Waals surface area (Å²) >= 11 is 1.81. The summed E-state index contributed by atoms with van der Waals surface area (Å²) in [6.07, 6.45) is 0. The largest absolute Gasteiger partial charge is 0.396 e. The molecule has 0 spiro atoms. The van der Waals surface area contributed by atoms with Crippen LogP contribution in [0.1, 0.15) is 33.3 Å². The van der Waals surface area contributed by atoms with Gasteiger partial charge in [-0.2, -0.15) is 0 Å². The van der Waals surface area contributed by atoms with Gasteiger partial charge in [0.05, 0.1) is 0 Å².